The molecule has 0 bridgehead atoms. The molecule has 0 saturated heterocycles. The average Bonchev–Trinajstić information content (AvgIpc) is 3.13. The first-order chi connectivity index (χ1) is 15.2. The summed E-state index contributed by atoms with van der Waals surface area (Å²) in [6.07, 6.45) is 0. The Morgan fingerprint density at radius 3 is 2.44 bits per heavy atom. The van der Waals surface area contributed by atoms with Crippen molar-refractivity contribution < 1.29 is 13.2 Å². The molecule has 0 aliphatic heterocycles. The Kier molecular flexibility index (Phi) is 7.53. The Hall–Kier alpha value is -2.49. The van der Waals surface area contributed by atoms with Gasteiger partial charge < -0.3 is 4.57 Å². The van der Waals surface area contributed by atoms with Gasteiger partial charge in [-0.2, -0.15) is 4.31 Å². The molecule has 0 spiro atoms. The number of hydrogen-bond donors (Lipinski definition) is 0. The summed E-state index contributed by atoms with van der Waals surface area (Å²) >= 11 is 1.31. The maximum atomic E-state index is 12.9. The van der Waals surface area contributed by atoms with Gasteiger partial charge in [0.05, 0.1) is 10.6 Å². The van der Waals surface area contributed by atoms with E-state index in [1.165, 1.54) is 16.1 Å². The number of ketones is 1. The summed E-state index contributed by atoms with van der Waals surface area (Å²) in [6, 6.07) is 12.5. The van der Waals surface area contributed by atoms with Crippen LogP contribution in [0.15, 0.2) is 52.5 Å². The van der Waals surface area contributed by atoms with E-state index in [0.717, 1.165) is 11.1 Å². The Morgan fingerprint density at radius 2 is 1.78 bits per heavy atom. The molecule has 1 aromatic heterocycles. The Bertz CT molecular complexity index is 1230. The zero-order valence-corrected chi connectivity index (χ0v) is 20.6. The van der Waals surface area contributed by atoms with Crippen LogP contribution in [0, 0.1) is 13.8 Å². The summed E-state index contributed by atoms with van der Waals surface area (Å²) in [4.78, 5) is 12.9. The number of sulfonamides is 1. The number of aromatic nitrogens is 3. The third-order valence-corrected chi connectivity index (χ3v) is 8.35. The number of Topliss-reactive ketones (excluding diaryl/α,β-unsaturated/α-hetero) is 1. The average molecular weight is 473 g/mol. The molecule has 32 heavy (non-hydrogen) atoms. The molecule has 0 unspecified atom stereocenters. The number of rotatable bonds is 9. The third kappa shape index (κ3) is 4.95. The largest absolute Gasteiger partial charge is 0.305 e. The van der Waals surface area contributed by atoms with Crippen LogP contribution in [0.25, 0.3) is 11.4 Å². The van der Waals surface area contributed by atoms with Gasteiger partial charge in [-0.05, 0) is 31.5 Å². The summed E-state index contributed by atoms with van der Waals surface area (Å²) in [5.74, 6) is 0.819. The molecule has 7 nitrogen and oxygen atoms in total. The third-order valence-electron chi connectivity index (χ3n) is 5.29. The Balaban J connectivity index is 1.81. The van der Waals surface area contributed by atoms with Crippen LogP contribution >= 0.6 is 11.8 Å². The SMILES string of the molecule is CCN(CC)S(=O)(=O)c1cccc(-c2nnc(SCC(=O)c3ccc(C)cc3C)n2C)c1. The van der Waals surface area contributed by atoms with Crippen LogP contribution < -0.4 is 0 Å². The number of carbonyl (C=O) groups is 1. The molecule has 0 amide bonds. The lowest BCUT2D eigenvalue weighted by Crippen LogP contribution is -2.30. The van der Waals surface area contributed by atoms with E-state index >= 15 is 0 Å². The van der Waals surface area contributed by atoms with Crippen LogP contribution in [-0.2, 0) is 17.1 Å². The molecule has 2 aromatic carbocycles. The summed E-state index contributed by atoms with van der Waals surface area (Å²) in [5, 5.41) is 9.06. The zero-order chi connectivity index (χ0) is 23.5. The van der Waals surface area contributed by atoms with Gasteiger partial charge in [-0.25, -0.2) is 8.42 Å². The molecule has 0 N–H and O–H groups in total. The maximum Gasteiger partial charge on any atom is 0.243 e. The second kappa shape index (κ2) is 9.97. The first-order valence-electron chi connectivity index (χ1n) is 10.4. The first kappa shape index (κ1) is 24.2. The molecule has 0 radical (unpaired) electrons. The standard InChI is InChI=1S/C23H28N4O3S2/c1-6-27(7-2)32(29,30)19-10-8-9-18(14-19)22-24-25-23(26(22)5)31-15-21(28)20-12-11-16(3)13-17(20)4/h8-14H,6-7,15H2,1-5H3. The van der Waals surface area contributed by atoms with E-state index in [0.29, 0.717) is 35.2 Å². The van der Waals surface area contributed by atoms with E-state index in [-0.39, 0.29) is 16.4 Å². The molecule has 9 heteroatoms. The Labute approximate surface area is 193 Å². The molecular weight excluding hydrogens is 444 g/mol. The van der Waals surface area contributed by atoms with E-state index in [4.69, 9.17) is 0 Å². The number of thioether (sulfide) groups is 1. The van der Waals surface area contributed by atoms with Crippen molar-refractivity contribution in [1.29, 1.82) is 0 Å². The molecule has 0 atom stereocenters. The second-order valence-electron chi connectivity index (χ2n) is 7.51. The van der Waals surface area contributed by atoms with Crippen molar-refractivity contribution in [2.45, 2.75) is 37.7 Å². The molecule has 0 aliphatic carbocycles. The number of hydrogen-bond acceptors (Lipinski definition) is 6. The van der Waals surface area contributed by atoms with Crippen LogP contribution in [0.3, 0.4) is 0 Å². The number of nitrogens with zero attached hydrogens (tertiary/aromatic N) is 4. The predicted octanol–water partition coefficient (Wildman–Crippen LogP) is 4.10. The van der Waals surface area contributed by atoms with E-state index in [1.807, 2.05) is 52.9 Å². The Morgan fingerprint density at radius 1 is 1.06 bits per heavy atom. The van der Waals surface area contributed by atoms with Crippen LogP contribution in [0.5, 0.6) is 0 Å². The predicted molar refractivity (Wildman–Crippen MR) is 128 cm³/mol. The van der Waals surface area contributed by atoms with Gasteiger partial charge in [0.15, 0.2) is 16.8 Å². The maximum absolute atomic E-state index is 12.9. The fraction of sp³-hybridized carbons (Fsp3) is 0.348. The molecule has 170 valence electrons. The van der Waals surface area contributed by atoms with Gasteiger partial charge >= 0.3 is 0 Å². The topological polar surface area (TPSA) is 85.2 Å². The molecule has 3 aromatic rings. The highest BCUT2D eigenvalue weighted by atomic mass is 32.2. The van der Waals surface area contributed by atoms with Gasteiger partial charge in [0.1, 0.15) is 0 Å². The van der Waals surface area contributed by atoms with Gasteiger partial charge in [-0.3, -0.25) is 4.79 Å². The zero-order valence-electron chi connectivity index (χ0n) is 19.0. The lowest BCUT2D eigenvalue weighted by molar-refractivity contribution is 0.102. The van der Waals surface area contributed by atoms with Crippen molar-refractivity contribution in [2.24, 2.45) is 7.05 Å². The fourth-order valence-electron chi connectivity index (χ4n) is 3.53. The van der Waals surface area contributed by atoms with Crippen molar-refractivity contribution in [3.05, 3.63) is 59.2 Å². The monoisotopic (exact) mass is 472 g/mol. The summed E-state index contributed by atoms with van der Waals surface area (Å²) in [7, 11) is -1.76. The molecule has 1 heterocycles. The second-order valence-corrected chi connectivity index (χ2v) is 10.4. The fourth-order valence-corrected chi connectivity index (χ4v) is 5.83. The van der Waals surface area contributed by atoms with Gasteiger partial charge in [0.25, 0.3) is 0 Å². The van der Waals surface area contributed by atoms with Crippen LogP contribution in [0.2, 0.25) is 0 Å². The van der Waals surface area contributed by atoms with Crippen LogP contribution in [0.1, 0.15) is 35.3 Å². The minimum Gasteiger partial charge on any atom is -0.305 e. The van der Waals surface area contributed by atoms with Crippen molar-refractivity contribution in [3.8, 4) is 11.4 Å². The van der Waals surface area contributed by atoms with Crippen molar-refractivity contribution in [1.82, 2.24) is 19.1 Å². The van der Waals surface area contributed by atoms with Gasteiger partial charge in [0, 0.05) is 31.3 Å². The summed E-state index contributed by atoms with van der Waals surface area (Å²) < 4.78 is 28.9. The number of aryl methyl sites for hydroxylation is 2. The van der Waals surface area contributed by atoms with E-state index in [2.05, 4.69) is 10.2 Å². The minimum absolute atomic E-state index is 0.0318. The molecular formula is C23H28N4O3S2. The highest BCUT2D eigenvalue weighted by Crippen LogP contribution is 2.26. The lowest BCUT2D eigenvalue weighted by Gasteiger charge is -2.18. The van der Waals surface area contributed by atoms with Gasteiger partial charge in [-0.1, -0.05) is 61.5 Å². The highest BCUT2D eigenvalue weighted by molar-refractivity contribution is 7.99. The summed E-state index contributed by atoms with van der Waals surface area (Å²) in [5.41, 5.74) is 3.44. The molecule has 0 fully saturated rings. The van der Waals surface area contributed by atoms with Crippen molar-refractivity contribution in [3.63, 3.8) is 0 Å². The van der Waals surface area contributed by atoms with E-state index in [1.54, 1.807) is 28.8 Å². The summed E-state index contributed by atoms with van der Waals surface area (Å²) in [6.45, 7) is 8.38. The normalized spacial score (nSPS) is 11.8. The molecule has 0 saturated carbocycles. The minimum atomic E-state index is -3.57. The number of benzene rings is 2. The molecule has 3 rings (SSSR count). The van der Waals surface area contributed by atoms with Crippen molar-refractivity contribution in [2.75, 3.05) is 18.8 Å². The van der Waals surface area contributed by atoms with Crippen molar-refractivity contribution >= 4 is 27.6 Å². The first-order valence-corrected chi connectivity index (χ1v) is 12.8. The van der Waals surface area contributed by atoms with Crippen LogP contribution in [-0.4, -0.2) is 52.1 Å². The smallest absolute Gasteiger partial charge is 0.243 e. The van der Waals surface area contributed by atoms with E-state index in [9.17, 15) is 13.2 Å². The van der Waals surface area contributed by atoms with Gasteiger partial charge in [0.2, 0.25) is 10.0 Å². The van der Waals surface area contributed by atoms with Crippen LogP contribution in [0.4, 0.5) is 0 Å². The lowest BCUT2D eigenvalue weighted by atomic mass is 10.0. The molecule has 0 aliphatic rings. The van der Waals surface area contributed by atoms with Gasteiger partial charge in [-0.15, -0.1) is 10.2 Å². The number of carbonyl (C=O) groups excluding carboxylic acids is 1. The quantitative estimate of drug-likeness (QED) is 0.344. The van der Waals surface area contributed by atoms with E-state index < -0.39 is 10.0 Å². The highest BCUT2D eigenvalue weighted by Gasteiger charge is 2.23.